The molecule has 2 unspecified atom stereocenters. The number of ether oxygens (including phenoxy) is 1. The molecule has 3 aromatic rings. The lowest BCUT2D eigenvalue weighted by Gasteiger charge is -2.27. The highest BCUT2D eigenvalue weighted by Gasteiger charge is 2.48. The molecule has 0 saturated carbocycles. The van der Waals surface area contributed by atoms with Crippen molar-refractivity contribution < 1.29 is 24.2 Å². The van der Waals surface area contributed by atoms with Gasteiger partial charge in [0.15, 0.2) is 0 Å². The van der Waals surface area contributed by atoms with Gasteiger partial charge in [-0.3, -0.25) is 14.9 Å². The summed E-state index contributed by atoms with van der Waals surface area (Å²) in [5.74, 6) is 0.0131. The molecule has 0 bridgehead atoms. The van der Waals surface area contributed by atoms with Crippen LogP contribution in [0.3, 0.4) is 0 Å². The third-order valence-corrected chi connectivity index (χ3v) is 5.94. The maximum absolute atomic E-state index is 12.5. The number of amides is 4. The van der Waals surface area contributed by atoms with Crippen LogP contribution in [0.1, 0.15) is 34.5 Å². The van der Waals surface area contributed by atoms with Crippen molar-refractivity contribution in [1.29, 1.82) is 0 Å². The molecule has 1 aliphatic rings. The lowest BCUT2D eigenvalue weighted by atomic mass is 9.88. The van der Waals surface area contributed by atoms with Gasteiger partial charge in [-0.15, -0.1) is 0 Å². The molecular formula is C26H25N3O5. The quantitative estimate of drug-likeness (QED) is 0.406. The van der Waals surface area contributed by atoms with Crippen molar-refractivity contribution in [3.05, 3.63) is 89.5 Å². The van der Waals surface area contributed by atoms with Gasteiger partial charge >= 0.3 is 6.03 Å². The first kappa shape index (κ1) is 23.0. The summed E-state index contributed by atoms with van der Waals surface area (Å²) >= 11 is 0. The standard InChI is InChI=1S/C26H25N3O5/c1-26(24(32)28-25(33)29-26)22(30)19-9-5-17(6-10-19)18-7-11-20(12-8-18)23(31)27-15-16-3-13-21(34-2)14-4-16/h3-14,22,30H,15H2,1-2H3,(H,27,31)(H2,28,29,32,33). The Balaban J connectivity index is 1.40. The average Bonchev–Trinajstić information content (AvgIpc) is 3.14. The van der Waals surface area contributed by atoms with Crippen molar-refractivity contribution in [2.24, 2.45) is 0 Å². The molecule has 174 valence electrons. The van der Waals surface area contributed by atoms with Gasteiger partial charge < -0.3 is 20.5 Å². The zero-order chi connectivity index (χ0) is 24.3. The van der Waals surface area contributed by atoms with Gasteiger partial charge in [-0.2, -0.15) is 0 Å². The predicted octanol–water partition coefficient (Wildman–Crippen LogP) is 2.92. The second-order valence-electron chi connectivity index (χ2n) is 8.24. The summed E-state index contributed by atoms with van der Waals surface area (Å²) in [5, 5.41) is 18.2. The Morgan fingerprint density at radius 1 is 0.971 bits per heavy atom. The van der Waals surface area contributed by atoms with Crippen LogP contribution in [-0.4, -0.2) is 35.6 Å². The molecule has 1 heterocycles. The SMILES string of the molecule is COc1ccc(CNC(=O)c2ccc(-c3ccc(C(O)C4(C)NC(=O)NC4=O)cc3)cc2)cc1. The minimum atomic E-state index is -1.43. The predicted molar refractivity (Wildman–Crippen MR) is 126 cm³/mol. The van der Waals surface area contributed by atoms with Gasteiger partial charge in [0, 0.05) is 12.1 Å². The first-order valence-electron chi connectivity index (χ1n) is 10.7. The summed E-state index contributed by atoms with van der Waals surface area (Å²) in [5.41, 5.74) is 2.35. The number of hydrogen-bond donors (Lipinski definition) is 4. The minimum Gasteiger partial charge on any atom is -0.497 e. The number of aliphatic hydroxyl groups is 1. The maximum atomic E-state index is 12.5. The van der Waals surface area contributed by atoms with Crippen LogP contribution in [0.5, 0.6) is 5.75 Å². The van der Waals surface area contributed by atoms with E-state index in [1.54, 1.807) is 31.4 Å². The van der Waals surface area contributed by atoms with Crippen molar-refractivity contribution in [3.8, 4) is 16.9 Å². The molecule has 1 fully saturated rings. The third-order valence-electron chi connectivity index (χ3n) is 5.94. The summed E-state index contributed by atoms with van der Waals surface area (Å²) in [4.78, 5) is 36.0. The lowest BCUT2D eigenvalue weighted by molar-refractivity contribution is -0.127. The number of hydrogen-bond acceptors (Lipinski definition) is 5. The Kier molecular flexibility index (Phi) is 6.34. The fourth-order valence-corrected chi connectivity index (χ4v) is 3.78. The van der Waals surface area contributed by atoms with E-state index < -0.39 is 23.6 Å². The van der Waals surface area contributed by atoms with Crippen LogP contribution in [0.15, 0.2) is 72.8 Å². The fraction of sp³-hybridized carbons (Fsp3) is 0.192. The number of aliphatic hydroxyl groups excluding tert-OH is 1. The van der Waals surface area contributed by atoms with Gasteiger partial charge in [0.05, 0.1) is 7.11 Å². The number of carbonyl (C=O) groups is 3. The van der Waals surface area contributed by atoms with E-state index in [0.717, 1.165) is 22.4 Å². The van der Waals surface area contributed by atoms with Crippen LogP contribution < -0.4 is 20.7 Å². The highest BCUT2D eigenvalue weighted by Crippen LogP contribution is 2.30. The molecule has 4 N–H and O–H groups in total. The fourth-order valence-electron chi connectivity index (χ4n) is 3.78. The summed E-state index contributed by atoms with van der Waals surface area (Å²) in [7, 11) is 1.61. The van der Waals surface area contributed by atoms with Crippen LogP contribution in [0.2, 0.25) is 0 Å². The number of benzene rings is 3. The molecule has 8 heteroatoms. The summed E-state index contributed by atoms with van der Waals surface area (Å²) in [6.45, 7) is 1.88. The highest BCUT2D eigenvalue weighted by molar-refractivity contribution is 6.07. The van der Waals surface area contributed by atoms with Gasteiger partial charge in [0.2, 0.25) is 0 Å². The number of imide groups is 1. The number of urea groups is 1. The van der Waals surface area contributed by atoms with Crippen molar-refractivity contribution in [1.82, 2.24) is 16.0 Å². The van der Waals surface area contributed by atoms with E-state index in [0.29, 0.717) is 17.7 Å². The number of carbonyl (C=O) groups excluding carboxylic acids is 3. The first-order chi connectivity index (χ1) is 16.3. The molecule has 1 saturated heterocycles. The van der Waals surface area contributed by atoms with Crippen LogP contribution in [0, 0.1) is 0 Å². The van der Waals surface area contributed by atoms with Gasteiger partial charge in [0.1, 0.15) is 17.4 Å². The van der Waals surface area contributed by atoms with Crippen molar-refractivity contribution in [2.45, 2.75) is 25.1 Å². The van der Waals surface area contributed by atoms with Crippen molar-refractivity contribution in [3.63, 3.8) is 0 Å². The van der Waals surface area contributed by atoms with Crippen LogP contribution >= 0.6 is 0 Å². The molecule has 0 radical (unpaired) electrons. The van der Waals surface area contributed by atoms with Crippen molar-refractivity contribution in [2.75, 3.05) is 7.11 Å². The Labute approximate surface area is 197 Å². The minimum absolute atomic E-state index is 0.175. The molecule has 8 nitrogen and oxygen atoms in total. The van der Waals surface area contributed by atoms with E-state index in [-0.39, 0.29) is 5.91 Å². The third kappa shape index (κ3) is 4.62. The molecule has 4 amide bonds. The van der Waals surface area contributed by atoms with E-state index >= 15 is 0 Å². The highest BCUT2D eigenvalue weighted by atomic mass is 16.5. The van der Waals surface area contributed by atoms with Gasteiger partial charge in [-0.25, -0.2) is 4.79 Å². The molecule has 34 heavy (non-hydrogen) atoms. The van der Waals surface area contributed by atoms with Crippen molar-refractivity contribution >= 4 is 17.8 Å². The largest absolute Gasteiger partial charge is 0.497 e. The summed E-state index contributed by atoms with van der Waals surface area (Å²) in [6.07, 6.45) is -1.20. The topological polar surface area (TPSA) is 117 Å². The van der Waals surface area contributed by atoms with Gasteiger partial charge in [-0.1, -0.05) is 48.5 Å². The normalized spacial score (nSPS) is 18.1. The maximum Gasteiger partial charge on any atom is 0.322 e. The smallest absolute Gasteiger partial charge is 0.322 e. The number of methoxy groups -OCH3 is 1. The number of rotatable bonds is 7. The Bertz CT molecular complexity index is 1210. The van der Waals surface area contributed by atoms with E-state index in [4.69, 9.17) is 4.74 Å². The first-order valence-corrected chi connectivity index (χ1v) is 10.7. The molecule has 3 aromatic carbocycles. The zero-order valence-corrected chi connectivity index (χ0v) is 18.8. The Morgan fingerprint density at radius 2 is 1.56 bits per heavy atom. The van der Waals surface area contributed by atoms with Gasteiger partial charge in [-0.05, 0) is 53.4 Å². The van der Waals surface area contributed by atoms with E-state index in [2.05, 4.69) is 16.0 Å². The average molecular weight is 460 g/mol. The number of nitrogens with one attached hydrogen (secondary N) is 3. The molecular weight excluding hydrogens is 434 g/mol. The van der Waals surface area contributed by atoms with Crippen LogP contribution in [0.4, 0.5) is 4.79 Å². The van der Waals surface area contributed by atoms with E-state index in [1.807, 2.05) is 48.5 Å². The molecule has 0 spiro atoms. The Morgan fingerprint density at radius 3 is 2.09 bits per heavy atom. The molecule has 4 rings (SSSR count). The monoisotopic (exact) mass is 459 g/mol. The molecule has 0 aromatic heterocycles. The van der Waals surface area contributed by atoms with Crippen LogP contribution in [0.25, 0.3) is 11.1 Å². The summed E-state index contributed by atoms with van der Waals surface area (Å²) in [6, 6.07) is 21.1. The second-order valence-corrected chi connectivity index (χ2v) is 8.24. The second kappa shape index (κ2) is 9.36. The molecule has 0 aliphatic carbocycles. The van der Waals surface area contributed by atoms with Gasteiger partial charge in [0.25, 0.3) is 11.8 Å². The lowest BCUT2D eigenvalue weighted by Crippen LogP contribution is -2.49. The van der Waals surface area contributed by atoms with Crippen LogP contribution in [-0.2, 0) is 11.3 Å². The Hall–Kier alpha value is -4.17. The molecule has 1 aliphatic heterocycles. The molecule has 2 atom stereocenters. The zero-order valence-electron chi connectivity index (χ0n) is 18.8. The van der Waals surface area contributed by atoms with E-state index in [1.165, 1.54) is 6.92 Å². The van der Waals surface area contributed by atoms with E-state index in [9.17, 15) is 19.5 Å². The summed E-state index contributed by atoms with van der Waals surface area (Å²) < 4.78 is 5.13.